The van der Waals surface area contributed by atoms with E-state index in [2.05, 4.69) is 4.98 Å². The van der Waals surface area contributed by atoms with Gasteiger partial charge in [0.1, 0.15) is 5.82 Å². The lowest BCUT2D eigenvalue weighted by Gasteiger charge is -2.02. The van der Waals surface area contributed by atoms with Crippen molar-refractivity contribution in [2.24, 2.45) is 0 Å². The van der Waals surface area contributed by atoms with E-state index in [1.807, 2.05) is 0 Å². The summed E-state index contributed by atoms with van der Waals surface area (Å²) in [6.45, 7) is 0.308. The highest BCUT2D eigenvalue weighted by molar-refractivity contribution is 6.16. The summed E-state index contributed by atoms with van der Waals surface area (Å²) in [6, 6.07) is 3.48. The van der Waals surface area contributed by atoms with Crippen molar-refractivity contribution in [3.63, 3.8) is 0 Å². The van der Waals surface area contributed by atoms with E-state index >= 15 is 0 Å². The van der Waals surface area contributed by atoms with E-state index in [9.17, 15) is 14.5 Å². The van der Waals surface area contributed by atoms with Gasteiger partial charge in [0.15, 0.2) is 0 Å². The molecule has 0 radical (unpaired) electrons. The topological polar surface area (TPSA) is 61.0 Å². The van der Waals surface area contributed by atoms with Gasteiger partial charge in [-0.3, -0.25) is 10.1 Å². The molecule has 0 saturated heterocycles. The molecule has 7 heteroatoms. The van der Waals surface area contributed by atoms with Gasteiger partial charge >= 0.3 is 0 Å². The molecule has 5 nitrogen and oxygen atoms in total. The Morgan fingerprint density at radius 1 is 1.44 bits per heavy atom. The summed E-state index contributed by atoms with van der Waals surface area (Å²) in [4.78, 5) is 14.0. The molecular formula is C11H9ClFN3O2. The van der Waals surface area contributed by atoms with Crippen molar-refractivity contribution in [3.05, 3.63) is 57.9 Å². The Labute approximate surface area is 107 Å². The number of imidazole rings is 1. The van der Waals surface area contributed by atoms with Crippen LogP contribution in [-0.2, 0) is 12.4 Å². The lowest BCUT2D eigenvalue weighted by Crippen LogP contribution is -1.99. The predicted octanol–water partition coefficient (Wildman–Crippen LogP) is 2.72. The first-order valence-electron chi connectivity index (χ1n) is 5.09. The Bertz CT molecular complexity index is 585. The highest BCUT2D eigenvalue weighted by Gasteiger charge is 2.10. The SMILES string of the molecule is O=[N+]([O-])c1cc(F)cc(Cn2cnc(CCl)c2)c1. The molecule has 0 aliphatic heterocycles. The molecule has 0 spiro atoms. The molecule has 0 atom stereocenters. The second kappa shape index (κ2) is 5.14. The van der Waals surface area contributed by atoms with E-state index in [1.165, 1.54) is 12.1 Å². The lowest BCUT2D eigenvalue weighted by atomic mass is 10.2. The highest BCUT2D eigenvalue weighted by atomic mass is 35.5. The fourth-order valence-electron chi connectivity index (χ4n) is 1.60. The number of nitro benzene ring substituents is 1. The van der Waals surface area contributed by atoms with Crippen LogP contribution in [0.25, 0.3) is 0 Å². The summed E-state index contributed by atoms with van der Waals surface area (Å²) in [5.41, 5.74) is 0.936. The third-order valence-electron chi connectivity index (χ3n) is 2.34. The number of alkyl halides is 1. The molecule has 0 fully saturated rings. The molecule has 2 aromatic rings. The molecule has 94 valence electrons. The summed E-state index contributed by atoms with van der Waals surface area (Å²) >= 11 is 5.61. The van der Waals surface area contributed by atoms with Crippen LogP contribution in [0.5, 0.6) is 0 Å². The predicted molar refractivity (Wildman–Crippen MR) is 63.9 cm³/mol. The van der Waals surface area contributed by atoms with Crippen molar-refractivity contribution in [3.8, 4) is 0 Å². The van der Waals surface area contributed by atoms with Gasteiger partial charge in [-0.2, -0.15) is 0 Å². The van der Waals surface area contributed by atoms with Crippen LogP contribution in [0.3, 0.4) is 0 Å². The quantitative estimate of drug-likeness (QED) is 0.487. The minimum Gasteiger partial charge on any atom is -0.333 e. The average Bonchev–Trinajstić information content (AvgIpc) is 2.76. The number of nitro groups is 1. The number of benzene rings is 1. The molecule has 0 bridgehead atoms. The monoisotopic (exact) mass is 269 g/mol. The number of non-ortho nitro benzene ring substituents is 1. The van der Waals surface area contributed by atoms with Crippen LogP contribution in [-0.4, -0.2) is 14.5 Å². The molecule has 1 aromatic carbocycles. The first-order valence-corrected chi connectivity index (χ1v) is 5.62. The molecule has 0 N–H and O–H groups in total. The average molecular weight is 270 g/mol. The van der Waals surface area contributed by atoms with Gasteiger partial charge in [-0.05, 0) is 11.6 Å². The standard InChI is InChI=1S/C11H9ClFN3O2/c12-4-10-6-15(7-14-10)5-8-1-9(13)3-11(2-8)16(17)18/h1-3,6-7H,4-5H2. The third kappa shape index (κ3) is 2.84. The normalized spacial score (nSPS) is 10.6. The van der Waals surface area contributed by atoms with Gasteiger partial charge in [0.05, 0.1) is 28.9 Å². The molecular weight excluding hydrogens is 261 g/mol. The minimum absolute atomic E-state index is 0.261. The molecule has 1 heterocycles. The summed E-state index contributed by atoms with van der Waals surface area (Å²) in [5.74, 6) is -0.340. The maximum atomic E-state index is 13.2. The fourth-order valence-corrected chi connectivity index (χ4v) is 1.74. The minimum atomic E-state index is -0.628. The van der Waals surface area contributed by atoms with E-state index in [4.69, 9.17) is 11.6 Å². The van der Waals surface area contributed by atoms with E-state index in [-0.39, 0.29) is 11.6 Å². The van der Waals surface area contributed by atoms with Crippen molar-refractivity contribution in [2.75, 3.05) is 0 Å². The first-order chi connectivity index (χ1) is 8.58. The number of hydrogen-bond acceptors (Lipinski definition) is 3. The van der Waals surface area contributed by atoms with E-state index in [0.717, 1.165) is 6.07 Å². The second-order valence-corrected chi connectivity index (χ2v) is 4.01. The number of aromatic nitrogens is 2. The highest BCUT2D eigenvalue weighted by Crippen LogP contribution is 2.17. The first kappa shape index (κ1) is 12.5. The van der Waals surface area contributed by atoms with Gasteiger partial charge in [0.2, 0.25) is 0 Å². The Balaban J connectivity index is 2.25. The number of hydrogen-bond donors (Lipinski definition) is 0. The molecule has 0 aliphatic carbocycles. The lowest BCUT2D eigenvalue weighted by molar-refractivity contribution is -0.385. The van der Waals surface area contributed by atoms with E-state index < -0.39 is 10.7 Å². The molecule has 18 heavy (non-hydrogen) atoms. The van der Waals surface area contributed by atoms with Crippen LogP contribution in [0.1, 0.15) is 11.3 Å². The van der Waals surface area contributed by atoms with Crippen LogP contribution in [0.15, 0.2) is 30.7 Å². The van der Waals surface area contributed by atoms with Crippen molar-refractivity contribution in [1.29, 1.82) is 0 Å². The van der Waals surface area contributed by atoms with Crippen molar-refractivity contribution < 1.29 is 9.31 Å². The van der Waals surface area contributed by atoms with E-state index in [0.29, 0.717) is 17.8 Å². The van der Waals surface area contributed by atoms with E-state index in [1.54, 1.807) is 17.1 Å². The van der Waals surface area contributed by atoms with Gasteiger partial charge in [-0.25, -0.2) is 9.37 Å². The van der Waals surface area contributed by atoms with Crippen molar-refractivity contribution >= 4 is 17.3 Å². The van der Waals surface area contributed by atoms with Gasteiger partial charge in [-0.15, -0.1) is 11.6 Å². The maximum absolute atomic E-state index is 13.2. The number of rotatable bonds is 4. The third-order valence-corrected chi connectivity index (χ3v) is 2.62. The van der Waals surface area contributed by atoms with Crippen LogP contribution < -0.4 is 0 Å². The molecule has 0 amide bonds. The zero-order chi connectivity index (χ0) is 13.1. The van der Waals surface area contributed by atoms with Crippen molar-refractivity contribution in [1.82, 2.24) is 9.55 Å². The van der Waals surface area contributed by atoms with Gasteiger partial charge in [0.25, 0.3) is 5.69 Å². The number of halogens is 2. The Hall–Kier alpha value is -1.95. The van der Waals surface area contributed by atoms with Gasteiger partial charge < -0.3 is 4.57 Å². The fraction of sp³-hybridized carbons (Fsp3) is 0.182. The van der Waals surface area contributed by atoms with Gasteiger partial charge in [-0.1, -0.05) is 0 Å². The Morgan fingerprint density at radius 2 is 2.22 bits per heavy atom. The summed E-state index contributed by atoms with van der Waals surface area (Å²) in [7, 11) is 0. The largest absolute Gasteiger partial charge is 0.333 e. The summed E-state index contributed by atoms with van der Waals surface area (Å²) in [5, 5.41) is 10.6. The number of nitrogens with zero attached hydrogens (tertiary/aromatic N) is 3. The van der Waals surface area contributed by atoms with Crippen molar-refractivity contribution in [2.45, 2.75) is 12.4 Å². The Morgan fingerprint density at radius 3 is 2.83 bits per heavy atom. The maximum Gasteiger partial charge on any atom is 0.272 e. The smallest absolute Gasteiger partial charge is 0.272 e. The van der Waals surface area contributed by atoms with Crippen LogP contribution in [0.2, 0.25) is 0 Å². The van der Waals surface area contributed by atoms with Crippen LogP contribution >= 0.6 is 11.6 Å². The Kier molecular flexibility index (Phi) is 3.57. The molecule has 0 aliphatic rings. The molecule has 0 unspecified atom stereocenters. The molecule has 1 aromatic heterocycles. The zero-order valence-electron chi connectivity index (χ0n) is 9.22. The summed E-state index contributed by atoms with van der Waals surface area (Å²) in [6.07, 6.45) is 3.26. The van der Waals surface area contributed by atoms with Crippen LogP contribution in [0, 0.1) is 15.9 Å². The van der Waals surface area contributed by atoms with Crippen LogP contribution in [0.4, 0.5) is 10.1 Å². The molecule has 0 saturated carbocycles. The second-order valence-electron chi connectivity index (χ2n) is 3.75. The van der Waals surface area contributed by atoms with Gasteiger partial charge in [0, 0.05) is 18.8 Å². The zero-order valence-corrected chi connectivity index (χ0v) is 9.97. The molecule has 2 rings (SSSR count). The summed E-state index contributed by atoms with van der Waals surface area (Å²) < 4.78 is 14.9.